The van der Waals surface area contributed by atoms with E-state index in [2.05, 4.69) is 42.5 Å². The minimum absolute atomic E-state index is 0.0496. The molecule has 1 aliphatic heterocycles. The van der Waals surface area contributed by atoms with Crippen molar-refractivity contribution in [1.82, 2.24) is 9.47 Å². The molecule has 1 N–H and O–H groups in total. The van der Waals surface area contributed by atoms with E-state index in [0.717, 1.165) is 40.7 Å². The Kier molecular flexibility index (Phi) is 7.27. The molecule has 3 aromatic carbocycles. The number of H-pyrrole nitrogens is 1. The van der Waals surface area contributed by atoms with Crippen molar-refractivity contribution in [1.29, 1.82) is 0 Å². The highest BCUT2D eigenvalue weighted by Crippen LogP contribution is 2.41. The van der Waals surface area contributed by atoms with Gasteiger partial charge in [-0.2, -0.15) is 0 Å². The van der Waals surface area contributed by atoms with Gasteiger partial charge in [0.2, 0.25) is 0 Å². The van der Waals surface area contributed by atoms with Gasteiger partial charge >= 0.3 is 0 Å². The molecular formula is C29H27Cl2N2O2+. The van der Waals surface area contributed by atoms with E-state index in [1.165, 1.54) is 5.56 Å². The molecule has 0 radical (unpaired) electrons. The molecule has 5 rings (SSSR count). The molecule has 1 unspecified atom stereocenters. The van der Waals surface area contributed by atoms with E-state index in [1.54, 1.807) is 32.2 Å². The second-order valence-corrected chi connectivity index (χ2v) is 9.81. The van der Waals surface area contributed by atoms with Crippen LogP contribution in [-0.4, -0.2) is 30.1 Å². The molecule has 0 spiro atoms. The smallest absolute Gasteiger partial charge is 0.165 e. The number of hydrogen-bond acceptors (Lipinski definition) is 2. The molecule has 35 heavy (non-hydrogen) atoms. The summed E-state index contributed by atoms with van der Waals surface area (Å²) in [5.74, 6) is 0.138. The van der Waals surface area contributed by atoms with Crippen LogP contribution < -0.4 is 4.48 Å². The second-order valence-electron chi connectivity index (χ2n) is 8.94. The summed E-state index contributed by atoms with van der Waals surface area (Å²) in [5.41, 5.74) is 5.82. The van der Waals surface area contributed by atoms with Crippen LogP contribution >= 0.6 is 23.2 Å². The summed E-state index contributed by atoms with van der Waals surface area (Å²) >= 11 is 11.9. The highest BCUT2D eigenvalue weighted by molar-refractivity contribution is 6.32. The lowest BCUT2D eigenvalue weighted by molar-refractivity contribution is -0.111. The molecule has 178 valence electrons. The highest BCUT2D eigenvalue weighted by atomic mass is 35.5. The van der Waals surface area contributed by atoms with Gasteiger partial charge in [-0.15, -0.1) is 0 Å². The van der Waals surface area contributed by atoms with Crippen LogP contribution in [0.3, 0.4) is 0 Å². The number of quaternary nitrogens is 1. The summed E-state index contributed by atoms with van der Waals surface area (Å²) < 4.78 is 0.635. The third-order valence-corrected chi connectivity index (χ3v) is 6.79. The van der Waals surface area contributed by atoms with Gasteiger partial charge in [-0.1, -0.05) is 53.5 Å². The Balaban J connectivity index is 0.000000189. The van der Waals surface area contributed by atoms with Gasteiger partial charge in [-0.05, 0) is 49.7 Å². The summed E-state index contributed by atoms with van der Waals surface area (Å²) in [6.07, 6.45) is 4.73. The van der Waals surface area contributed by atoms with Crippen LogP contribution in [0.25, 0.3) is 16.5 Å². The molecule has 0 saturated heterocycles. The Bertz CT molecular complexity index is 1440. The summed E-state index contributed by atoms with van der Waals surface area (Å²) in [5, 5.41) is 2.21. The molecule has 0 bridgehead atoms. The van der Waals surface area contributed by atoms with Crippen LogP contribution in [0.1, 0.15) is 35.3 Å². The van der Waals surface area contributed by atoms with E-state index in [0.29, 0.717) is 20.1 Å². The first-order valence-corrected chi connectivity index (χ1v) is 12.1. The number of carbonyl (C=O) groups excluding carboxylic acids is 2. The van der Waals surface area contributed by atoms with Crippen molar-refractivity contribution in [3.05, 3.63) is 106 Å². The Morgan fingerprint density at radius 2 is 1.57 bits per heavy atom. The molecular weight excluding hydrogens is 479 g/mol. The van der Waals surface area contributed by atoms with E-state index >= 15 is 0 Å². The SMILES string of the molecule is CC(=O)C1=C[N+](C)(CCc2ccccc2)c2ccc(Cl)cc21.CC(=O)c1c[nH]c2ccc(Cl)cc12. The van der Waals surface area contributed by atoms with E-state index < -0.39 is 0 Å². The first kappa shape index (κ1) is 24.9. The minimum Gasteiger partial charge on any atom is -0.360 e. The lowest BCUT2D eigenvalue weighted by Crippen LogP contribution is -2.39. The van der Waals surface area contributed by atoms with Gasteiger partial charge in [0.1, 0.15) is 11.9 Å². The largest absolute Gasteiger partial charge is 0.360 e. The van der Waals surface area contributed by atoms with Crippen LogP contribution in [0, 0.1) is 0 Å². The lowest BCUT2D eigenvalue weighted by Gasteiger charge is -2.27. The number of Topliss-reactive ketones (excluding diaryl/α,β-unsaturated/α-hetero) is 2. The molecule has 1 aromatic heterocycles. The first-order valence-electron chi connectivity index (χ1n) is 11.4. The maximum Gasteiger partial charge on any atom is 0.165 e. The number of halogens is 2. The van der Waals surface area contributed by atoms with Gasteiger partial charge in [-0.25, -0.2) is 0 Å². The number of allylic oxidation sites excluding steroid dienone is 1. The average Bonchev–Trinajstić information content (AvgIpc) is 3.38. The highest BCUT2D eigenvalue weighted by Gasteiger charge is 2.36. The maximum atomic E-state index is 12.0. The van der Waals surface area contributed by atoms with E-state index in [1.807, 2.05) is 30.3 Å². The van der Waals surface area contributed by atoms with Gasteiger partial charge < -0.3 is 4.98 Å². The first-order chi connectivity index (χ1) is 16.7. The third kappa shape index (κ3) is 5.40. The van der Waals surface area contributed by atoms with Crippen molar-refractivity contribution in [2.45, 2.75) is 20.3 Å². The van der Waals surface area contributed by atoms with Crippen molar-refractivity contribution in [2.24, 2.45) is 0 Å². The number of fused-ring (bicyclic) bond motifs is 2. The molecule has 0 aliphatic carbocycles. The van der Waals surface area contributed by atoms with Gasteiger partial charge in [0, 0.05) is 45.2 Å². The molecule has 6 heteroatoms. The number of benzene rings is 3. The monoisotopic (exact) mass is 505 g/mol. The predicted molar refractivity (Wildman–Crippen MR) is 146 cm³/mol. The molecule has 0 amide bonds. The van der Waals surface area contributed by atoms with Crippen LogP contribution in [0.4, 0.5) is 5.69 Å². The van der Waals surface area contributed by atoms with Crippen LogP contribution in [0.2, 0.25) is 10.0 Å². The van der Waals surface area contributed by atoms with Crippen LogP contribution in [0.15, 0.2) is 79.1 Å². The van der Waals surface area contributed by atoms with Gasteiger partial charge in [0.05, 0.1) is 24.7 Å². The number of nitrogens with one attached hydrogen (secondary N) is 1. The number of ketones is 2. The van der Waals surface area contributed by atoms with Crippen molar-refractivity contribution in [2.75, 3.05) is 13.6 Å². The number of rotatable bonds is 5. The van der Waals surface area contributed by atoms with E-state index in [9.17, 15) is 9.59 Å². The summed E-state index contributed by atoms with van der Waals surface area (Å²) in [6.45, 7) is 4.07. The number of likely N-dealkylation sites (N-methyl/N-ethyl adjacent to an activating group) is 1. The van der Waals surface area contributed by atoms with Crippen molar-refractivity contribution in [3.63, 3.8) is 0 Å². The predicted octanol–water partition coefficient (Wildman–Crippen LogP) is 7.49. The number of hydrogen-bond donors (Lipinski definition) is 1. The quantitative estimate of drug-likeness (QED) is 0.225. The lowest BCUT2D eigenvalue weighted by atomic mass is 10.0. The van der Waals surface area contributed by atoms with Crippen molar-refractivity contribution in [3.8, 4) is 0 Å². The summed E-state index contributed by atoms with van der Waals surface area (Å²) in [6, 6.07) is 21.7. The summed E-state index contributed by atoms with van der Waals surface area (Å²) in [4.78, 5) is 26.1. The fraction of sp³-hybridized carbons (Fsp3) is 0.172. The molecule has 4 aromatic rings. The Morgan fingerprint density at radius 3 is 2.26 bits per heavy atom. The molecule has 1 aliphatic rings. The Hall–Kier alpha value is -3.18. The third-order valence-electron chi connectivity index (χ3n) is 6.32. The minimum atomic E-state index is 0.0496. The molecule has 2 heterocycles. The van der Waals surface area contributed by atoms with Crippen LogP contribution in [0.5, 0.6) is 0 Å². The zero-order valence-electron chi connectivity index (χ0n) is 19.9. The Labute approximate surface area is 215 Å². The number of carbonyl (C=O) groups is 2. The average molecular weight is 506 g/mol. The van der Waals surface area contributed by atoms with E-state index in [-0.39, 0.29) is 11.6 Å². The number of aromatic nitrogens is 1. The topological polar surface area (TPSA) is 49.9 Å². The summed E-state index contributed by atoms with van der Waals surface area (Å²) in [7, 11) is 2.14. The normalized spacial score (nSPS) is 16.3. The maximum absolute atomic E-state index is 12.0. The molecule has 0 fully saturated rings. The Morgan fingerprint density at radius 1 is 0.886 bits per heavy atom. The second kappa shape index (κ2) is 10.2. The fourth-order valence-electron chi connectivity index (χ4n) is 4.45. The van der Waals surface area contributed by atoms with Crippen molar-refractivity contribution < 1.29 is 9.59 Å². The van der Waals surface area contributed by atoms with Gasteiger partial charge in [-0.3, -0.25) is 14.1 Å². The molecule has 1 atom stereocenters. The van der Waals surface area contributed by atoms with E-state index in [4.69, 9.17) is 23.2 Å². The van der Waals surface area contributed by atoms with Gasteiger partial charge in [0.25, 0.3) is 0 Å². The molecule has 0 saturated carbocycles. The number of aromatic amines is 1. The van der Waals surface area contributed by atoms with Crippen LogP contribution in [-0.2, 0) is 11.2 Å². The standard InChI is InChI=1S/C19H19ClNO.C10H8ClNO/c1-14(22)18-13-21(2,11-10-15-6-4-3-5-7-15)19-9-8-16(20)12-17(18)19;1-6(13)9-5-12-10-3-2-7(11)4-8(9)10/h3-9,12-13H,10-11H2,1-2H3;2-5,12H,1H3/q+1;. The fourth-order valence-corrected chi connectivity index (χ4v) is 4.79. The number of nitrogens with zero attached hydrogens (tertiary/aromatic N) is 1. The van der Waals surface area contributed by atoms with Crippen molar-refractivity contribution >= 4 is 56.9 Å². The molecule has 4 nitrogen and oxygen atoms in total. The zero-order valence-corrected chi connectivity index (χ0v) is 21.5. The zero-order chi connectivity index (χ0) is 25.2. The van der Waals surface area contributed by atoms with Gasteiger partial charge in [0.15, 0.2) is 11.6 Å².